The van der Waals surface area contributed by atoms with Gasteiger partial charge in [-0.3, -0.25) is 4.79 Å². The van der Waals surface area contributed by atoms with Gasteiger partial charge >= 0.3 is 0 Å². The molecule has 2 fully saturated rings. The van der Waals surface area contributed by atoms with Crippen LogP contribution in [0.3, 0.4) is 0 Å². The lowest BCUT2D eigenvalue weighted by molar-refractivity contribution is -0.117. The number of carbonyl (C=O) groups is 1. The molecule has 2 saturated carbocycles. The molecule has 19 heavy (non-hydrogen) atoms. The van der Waals surface area contributed by atoms with E-state index in [1.807, 2.05) is 25.1 Å². The van der Waals surface area contributed by atoms with E-state index >= 15 is 0 Å². The molecule has 0 saturated heterocycles. The zero-order chi connectivity index (χ0) is 13.4. The lowest BCUT2D eigenvalue weighted by Crippen LogP contribution is -2.20. The molecule has 0 aliphatic heterocycles. The van der Waals surface area contributed by atoms with Crippen LogP contribution >= 0.6 is 11.6 Å². The van der Waals surface area contributed by atoms with Crippen LogP contribution in [0.2, 0.25) is 5.02 Å². The fourth-order valence-electron chi connectivity index (χ4n) is 3.81. The zero-order valence-corrected chi connectivity index (χ0v) is 12.0. The summed E-state index contributed by atoms with van der Waals surface area (Å²) < 4.78 is 0. The summed E-state index contributed by atoms with van der Waals surface area (Å²) in [4.78, 5) is 12.2. The van der Waals surface area contributed by atoms with Gasteiger partial charge in [-0.1, -0.05) is 24.1 Å². The summed E-state index contributed by atoms with van der Waals surface area (Å²) in [5, 5.41) is 3.72. The van der Waals surface area contributed by atoms with Gasteiger partial charge in [-0.15, -0.1) is 0 Å². The second kappa shape index (κ2) is 5.16. The maximum Gasteiger partial charge on any atom is 0.224 e. The highest BCUT2D eigenvalue weighted by molar-refractivity contribution is 6.31. The smallest absolute Gasteiger partial charge is 0.224 e. The van der Waals surface area contributed by atoms with Crippen molar-refractivity contribution in [2.24, 2.45) is 17.8 Å². The molecule has 2 bridgehead atoms. The number of benzene rings is 1. The topological polar surface area (TPSA) is 29.1 Å². The van der Waals surface area contributed by atoms with Crippen molar-refractivity contribution in [2.75, 3.05) is 5.32 Å². The molecule has 0 heterocycles. The molecule has 3 rings (SSSR count). The van der Waals surface area contributed by atoms with Gasteiger partial charge in [-0.05, 0) is 61.6 Å². The molecule has 0 aromatic heterocycles. The van der Waals surface area contributed by atoms with Gasteiger partial charge in [0.1, 0.15) is 0 Å². The molecular formula is C16H20ClNO. The number of hydrogen-bond donors (Lipinski definition) is 1. The van der Waals surface area contributed by atoms with E-state index in [0.717, 1.165) is 23.1 Å². The quantitative estimate of drug-likeness (QED) is 0.871. The summed E-state index contributed by atoms with van der Waals surface area (Å²) >= 11 is 6.07. The van der Waals surface area contributed by atoms with Gasteiger partial charge in [0.25, 0.3) is 0 Å². The molecule has 1 amide bonds. The van der Waals surface area contributed by atoms with E-state index in [1.54, 1.807) is 0 Å². The lowest BCUT2D eigenvalue weighted by atomic mass is 9.86. The summed E-state index contributed by atoms with van der Waals surface area (Å²) in [7, 11) is 0. The van der Waals surface area contributed by atoms with Gasteiger partial charge in [0.05, 0.1) is 0 Å². The molecule has 3 heteroatoms. The van der Waals surface area contributed by atoms with Gasteiger partial charge in [0, 0.05) is 17.1 Å². The Morgan fingerprint density at radius 1 is 1.37 bits per heavy atom. The molecule has 0 spiro atoms. The van der Waals surface area contributed by atoms with Crippen molar-refractivity contribution in [3.8, 4) is 0 Å². The number of hydrogen-bond acceptors (Lipinski definition) is 1. The van der Waals surface area contributed by atoms with E-state index in [-0.39, 0.29) is 5.91 Å². The van der Waals surface area contributed by atoms with Crippen molar-refractivity contribution in [2.45, 2.75) is 39.0 Å². The Labute approximate surface area is 119 Å². The zero-order valence-electron chi connectivity index (χ0n) is 11.3. The van der Waals surface area contributed by atoms with Gasteiger partial charge in [0.2, 0.25) is 5.91 Å². The van der Waals surface area contributed by atoms with Crippen LogP contribution in [0.4, 0.5) is 5.69 Å². The third-order valence-corrected chi connectivity index (χ3v) is 5.28. The van der Waals surface area contributed by atoms with Gasteiger partial charge < -0.3 is 5.32 Å². The normalized spacial score (nSPS) is 28.6. The molecule has 3 atom stereocenters. The van der Waals surface area contributed by atoms with Crippen molar-refractivity contribution in [1.82, 2.24) is 0 Å². The molecule has 102 valence electrons. The minimum absolute atomic E-state index is 0.142. The Balaban J connectivity index is 1.61. The van der Waals surface area contributed by atoms with Crippen molar-refractivity contribution in [1.29, 1.82) is 0 Å². The minimum Gasteiger partial charge on any atom is -0.326 e. The summed E-state index contributed by atoms with van der Waals surface area (Å²) in [5.41, 5.74) is 1.80. The molecule has 2 aliphatic carbocycles. The highest BCUT2D eigenvalue weighted by Crippen LogP contribution is 2.49. The first-order chi connectivity index (χ1) is 9.13. The first kappa shape index (κ1) is 13.0. The first-order valence-electron chi connectivity index (χ1n) is 7.18. The molecule has 1 N–H and O–H groups in total. The standard InChI is InChI=1S/C16H20ClNO/c1-10-14(17)3-2-4-15(10)18-16(19)9-13-8-11-5-6-12(13)7-11/h2-4,11-13H,5-9H2,1H3,(H,18,19)/t11-,12+,13+/m0/s1. The SMILES string of the molecule is Cc1c(Cl)cccc1NC(=O)C[C@H]1C[C@H]2CC[C@@H]1C2. The number of carbonyl (C=O) groups excluding carboxylic acids is 1. The number of halogens is 1. The van der Waals surface area contributed by atoms with Crippen molar-refractivity contribution >= 4 is 23.2 Å². The Hall–Kier alpha value is -1.02. The van der Waals surface area contributed by atoms with Crippen molar-refractivity contribution in [3.05, 3.63) is 28.8 Å². The number of anilines is 1. The lowest BCUT2D eigenvalue weighted by Gasteiger charge is -2.21. The summed E-state index contributed by atoms with van der Waals surface area (Å²) in [6.07, 6.45) is 6.00. The highest BCUT2D eigenvalue weighted by Gasteiger charge is 2.40. The average molecular weight is 278 g/mol. The third-order valence-electron chi connectivity index (χ3n) is 4.87. The van der Waals surface area contributed by atoms with Crippen LogP contribution in [-0.2, 0) is 4.79 Å². The maximum absolute atomic E-state index is 12.2. The molecule has 2 aliphatic rings. The number of amides is 1. The molecule has 0 radical (unpaired) electrons. The number of rotatable bonds is 3. The number of fused-ring (bicyclic) bond motifs is 2. The Morgan fingerprint density at radius 2 is 2.21 bits per heavy atom. The minimum atomic E-state index is 0.142. The predicted molar refractivity (Wildman–Crippen MR) is 78.4 cm³/mol. The van der Waals surface area contributed by atoms with Gasteiger partial charge in [0.15, 0.2) is 0 Å². The van der Waals surface area contributed by atoms with Crippen LogP contribution in [0.5, 0.6) is 0 Å². The summed E-state index contributed by atoms with van der Waals surface area (Å²) in [6.45, 7) is 1.94. The first-order valence-corrected chi connectivity index (χ1v) is 7.56. The third kappa shape index (κ3) is 2.64. The largest absolute Gasteiger partial charge is 0.326 e. The maximum atomic E-state index is 12.2. The second-order valence-electron chi connectivity index (χ2n) is 6.10. The molecule has 0 unspecified atom stereocenters. The monoisotopic (exact) mass is 277 g/mol. The van der Waals surface area contributed by atoms with Crippen molar-refractivity contribution in [3.63, 3.8) is 0 Å². The Kier molecular flexibility index (Phi) is 3.53. The van der Waals surface area contributed by atoms with E-state index in [9.17, 15) is 4.79 Å². The predicted octanol–water partition coefficient (Wildman–Crippen LogP) is 4.41. The van der Waals surface area contributed by atoms with E-state index in [0.29, 0.717) is 17.4 Å². The van der Waals surface area contributed by atoms with Gasteiger partial charge in [-0.25, -0.2) is 0 Å². The van der Waals surface area contributed by atoms with E-state index in [4.69, 9.17) is 11.6 Å². The highest BCUT2D eigenvalue weighted by atomic mass is 35.5. The summed E-state index contributed by atoms with van der Waals surface area (Å²) in [5.74, 6) is 2.45. The van der Waals surface area contributed by atoms with Crippen LogP contribution in [0.25, 0.3) is 0 Å². The van der Waals surface area contributed by atoms with E-state index < -0.39 is 0 Å². The fourth-order valence-corrected chi connectivity index (χ4v) is 3.98. The Morgan fingerprint density at radius 3 is 2.89 bits per heavy atom. The Bertz CT molecular complexity index is 500. The van der Waals surface area contributed by atoms with E-state index in [1.165, 1.54) is 25.7 Å². The molecule has 1 aromatic rings. The van der Waals surface area contributed by atoms with Gasteiger partial charge in [-0.2, -0.15) is 0 Å². The second-order valence-corrected chi connectivity index (χ2v) is 6.51. The summed E-state index contributed by atoms with van der Waals surface area (Å²) in [6, 6.07) is 5.64. The number of nitrogens with one attached hydrogen (secondary N) is 1. The molecule has 1 aromatic carbocycles. The average Bonchev–Trinajstić information content (AvgIpc) is 2.97. The van der Waals surface area contributed by atoms with Crippen LogP contribution in [-0.4, -0.2) is 5.91 Å². The van der Waals surface area contributed by atoms with Crippen LogP contribution < -0.4 is 5.32 Å². The van der Waals surface area contributed by atoms with Crippen LogP contribution in [0.15, 0.2) is 18.2 Å². The van der Waals surface area contributed by atoms with Crippen LogP contribution in [0.1, 0.15) is 37.7 Å². The molecular weight excluding hydrogens is 258 g/mol. The van der Waals surface area contributed by atoms with Crippen LogP contribution in [0, 0.1) is 24.7 Å². The fraction of sp³-hybridized carbons (Fsp3) is 0.562. The molecule has 2 nitrogen and oxygen atoms in total. The van der Waals surface area contributed by atoms with Crippen molar-refractivity contribution < 1.29 is 4.79 Å². The van der Waals surface area contributed by atoms with E-state index in [2.05, 4.69) is 5.32 Å².